The molecule has 0 saturated carbocycles. The van der Waals surface area contributed by atoms with Crippen molar-refractivity contribution in [1.82, 2.24) is 5.32 Å². The van der Waals surface area contributed by atoms with E-state index < -0.39 is 0 Å². The van der Waals surface area contributed by atoms with Crippen LogP contribution in [0.15, 0.2) is 18.2 Å². The predicted molar refractivity (Wildman–Crippen MR) is 84.9 cm³/mol. The second-order valence-corrected chi connectivity index (χ2v) is 6.21. The van der Waals surface area contributed by atoms with Gasteiger partial charge < -0.3 is 10.6 Å². The monoisotopic (exact) mass is 360 g/mol. The molecular weight excluding hydrogens is 339 g/mol. The van der Waals surface area contributed by atoms with Crippen molar-refractivity contribution >= 4 is 34.2 Å². The zero-order chi connectivity index (χ0) is 13.8. The van der Waals surface area contributed by atoms with Crippen LogP contribution in [-0.4, -0.2) is 18.0 Å². The minimum atomic E-state index is -0.140. The first-order valence-corrected chi connectivity index (χ1v) is 7.23. The largest absolute Gasteiger partial charge is 0.376 e. The van der Waals surface area contributed by atoms with Gasteiger partial charge in [-0.3, -0.25) is 4.79 Å². The molecule has 0 aromatic heterocycles. The molecule has 0 spiro atoms. The number of benzene rings is 1. The third kappa shape index (κ3) is 4.48. The quantitative estimate of drug-likeness (QED) is 0.791. The Balaban J connectivity index is 2.56. The van der Waals surface area contributed by atoms with E-state index in [2.05, 4.69) is 53.1 Å². The van der Waals surface area contributed by atoms with Crippen LogP contribution < -0.4 is 10.6 Å². The molecule has 0 bridgehead atoms. The van der Waals surface area contributed by atoms with Crippen molar-refractivity contribution in [2.24, 2.45) is 0 Å². The molecule has 18 heavy (non-hydrogen) atoms. The molecule has 1 aromatic carbocycles. The summed E-state index contributed by atoms with van der Waals surface area (Å²) >= 11 is 2.29. The molecule has 0 atom stereocenters. The van der Waals surface area contributed by atoms with Crippen molar-refractivity contribution in [1.29, 1.82) is 0 Å². The van der Waals surface area contributed by atoms with Gasteiger partial charge in [-0.2, -0.15) is 0 Å². The van der Waals surface area contributed by atoms with Crippen LogP contribution in [0.1, 0.15) is 32.8 Å². The van der Waals surface area contributed by atoms with Crippen LogP contribution in [0.4, 0.5) is 5.69 Å². The van der Waals surface area contributed by atoms with Crippen LogP contribution in [-0.2, 0) is 4.79 Å². The lowest BCUT2D eigenvalue weighted by Crippen LogP contribution is -2.45. The number of carbonyl (C=O) groups is 1. The Labute approximate surface area is 123 Å². The first-order valence-electron chi connectivity index (χ1n) is 6.15. The summed E-state index contributed by atoms with van der Waals surface area (Å²) in [7, 11) is 0. The average Bonchev–Trinajstić information content (AvgIpc) is 2.30. The van der Waals surface area contributed by atoms with Crippen molar-refractivity contribution in [3.63, 3.8) is 0 Å². The van der Waals surface area contributed by atoms with Gasteiger partial charge in [0.2, 0.25) is 5.91 Å². The summed E-state index contributed by atoms with van der Waals surface area (Å²) in [5.74, 6) is 0.0279. The third-order valence-corrected chi connectivity index (χ3v) is 4.24. The zero-order valence-corrected chi connectivity index (χ0v) is 13.6. The lowest BCUT2D eigenvalue weighted by Gasteiger charge is -2.24. The van der Waals surface area contributed by atoms with Gasteiger partial charge in [0.15, 0.2) is 0 Å². The molecule has 2 N–H and O–H groups in total. The minimum absolute atomic E-state index is 0.0279. The van der Waals surface area contributed by atoms with Gasteiger partial charge in [0.25, 0.3) is 0 Å². The van der Waals surface area contributed by atoms with Gasteiger partial charge in [-0.25, -0.2) is 0 Å². The highest BCUT2D eigenvalue weighted by molar-refractivity contribution is 14.1. The highest BCUT2D eigenvalue weighted by Gasteiger charge is 2.17. The molecule has 3 nitrogen and oxygen atoms in total. The molecule has 0 saturated heterocycles. The Kier molecular flexibility index (Phi) is 5.44. The van der Waals surface area contributed by atoms with Crippen molar-refractivity contribution in [3.05, 3.63) is 27.3 Å². The first kappa shape index (κ1) is 15.3. The summed E-state index contributed by atoms with van der Waals surface area (Å²) in [4.78, 5) is 11.8. The number of anilines is 1. The molecule has 0 fully saturated rings. The lowest BCUT2D eigenvalue weighted by molar-refractivity contribution is -0.121. The Bertz CT molecular complexity index is 430. The van der Waals surface area contributed by atoms with Crippen LogP contribution in [0.5, 0.6) is 0 Å². The fourth-order valence-corrected chi connectivity index (χ4v) is 1.98. The van der Waals surface area contributed by atoms with Crippen LogP contribution >= 0.6 is 22.6 Å². The molecule has 1 rings (SSSR count). The summed E-state index contributed by atoms with van der Waals surface area (Å²) in [5.41, 5.74) is 2.06. The molecule has 0 aliphatic heterocycles. The SMILES string of the molecule is CCC(C)(C)NC(=O)CNc1cccc(I)c1C. The maximum Gasteiger partial charge on any atom is 0.239 e. The Morgan fingerprint density at radius 1 is 1.39 bits per heavy atom. The lowest BCUT2D eigenvalue weighted by atomic mass is 10.0. The third-order valence-electron chi connectivity index (χ3n) is 3.07. The molecule has 4 heteroatoms. The van der Waals surface area contributed by atoms with Gasteiger partial charge in [-0.15, -0.1) is 0 Å². The van der Waals surface area contributed by atoms with E-state index >= 15 is 0 Å². The van der Waals surface area contributed by atoms with E-state index in [4.69, 9.17) is 0 Å². The van der Waals surface area contributed by atoms with E-state index in [1.165, 1.54) is 9.13 Å². The summed E-state index contributed by atoms with van der Waals surface area (Å²) < 4.78 is 1.20. The number of hydrogen-bond acceptors (Lipinski definition) is 2. The normalized spacial score (nSPS) is 11.2. The number of amides is 1. The van der Waals surface area contributed by atoms with E-state index in [-0.39, 0.29) is 11.4 Å². The van der Waals surface area contributed by atoms with E-state index in [1.54, 1.807) is 0 Å². The number of halogens is 1. The standard InChI is InChI=1S/C14H21IN2O/c1-5-14(3,4)17-13(18)9-16-12-8-6-7-11(15)10(12)2/h6-8,16H,5,9H2,1-4H3,(H,17,18). The van der Waals surface area contributed by atoms with Crippen molar-refractivity contribution < 1.29 is 4.79 Å². The molecule has 0 aliphatic rings. The Hall–Kier alpha value is -0.780. The summed E-state index contributed by atoms with van der Waals surface area (Å²) in [6, 6.07) is 6.04. The van der Waals surface area contributed by atoms with Gasteiger partial charge in [0.1, 0.15) is 0 Å². The molecule has 1 amide bonds. The summed E-state index contributed by atoms with van der Waals surface area (Å²) in [6.45, 7) is 8.49. The number of nitrogens with one attached hydrogen (secondary N) is 2. The van der Waals surface area contributed by atoms with Gasteiger partial charge >= 0.3 is 0 Å². The topological polar surface area (TPSA) is 41.1 Å². The van der Waals surface area contributed by atoms with Gasteiger partial charge in [0.05, 0.1) is 6.54 Å². The molecule has 0 aliphatic carbocycles. The fraction of sp³-hybridized carbons (Fsp3) is 0.500. The van der Waals surface area contributed by atoms with Crippen molar-refractivity contribution in [3.8, 4) is 0 Å². The van der Waals surface area contributed by atoms with E-state index in [9.17, 15) is 4.79 Å². The zero-order valence-electron chi connectivity index (χ0n) is 11.4. The summed E-state index contributed by atoms with van der Waals surface area (Å²) in [6.07, 6.45) is 0.918. The molecule has 100 valence electrons. The molecule has 0 radical (unpaired) electrons. The van der Waals surface area contributed by atoms with Crippen molar-refractivity contribution in [2.75, 3.05) is 11.9 Å². The average molecular weight is 360 g/mol. The van der Waals surface area contributed by atoms with Crippen LogP contribution in [0.25, 0.3) is 0 Å². The maximum absolute atomic E-state index is 11.8. The van der Waals surface area contributed by atoms with E-state index in [0.29, 0.717) is 6.54 Å². The van der Waals surface area contributed by atoms with Crippen LogP contribution in [0.2, 0.25) is 0 Å². The minimum Gasteiger partial charge on any atom is -0.376 e. The van der Waals surface area contributed by atoms with E-state index in [0.717, 1.165) is 12.1 Å². The van der Waals surface area contributed by atoms with Crippen molar-refractivity contribution in [2.45, 2.75) is 39.7 Å². The fourth-order valence-electron chi connectivity index (χ4n) is 1.48. The Morgan fingerprint density at radius 2 is 2.06 bits per heavy atom. The van der Waals surface area contributed by atoms with Gasteiger partial charge in [-0.05, 0) is 67.5 Å². The van der Waals surface area contributed by atoms with Crippen LogP contribution in [0.3, 0.4) is 0 Å². The highest BCUT2D eigenvalue weighted by atomic mass is 127. The maximum atomic E-state index is 11.8. The first-order chi connectivity index (χ1) is 8.35. The molecule has 0 heterocycles. The number of rotatable bonds is 5. The summed E-state index contributed by atoms with van der Waals surface area (Å²) in [5, 5.41) is 6.19. The number of carbonyl (C=O) groups excluding carboxylic acids is 1. The molecular formula is C14H21IN2O. The highest BCUT2D eigenvalue weighted by Crippen LogP contribution is 2.19. The smallest absolute Gasteiger partial charge is 0.239 e. The van der Waals surface area contributed by atoms with E-state index in [1.807, 2.05) is 26.0 Å². The second kappa shape index (κ2) is 6.41. The predicted octanol–water partition coefficient (Wildman–Crippen LogP) is 3.32. The molecule has 1 aromatic rings. The second-order valence-electron chi connectivity index (χ2n) is 5.05. The molecule has 0 unspecified atom stereocenters. The Morgan fingerprint density at radius 3 is 2.67 bits per heavy atom. The van der Waals surface area contributed by atoms with Gasteiger partial charge in [0, 0.05) is 14.8 Å². The number of hydrogen-bond donors (Lipinski definition) is 2. The van der Waals surface area contributed by atoms with Crippen LogP contribution in [0, 0.1) is 10.5 Å². The van der Waals surface area contributed by atoms with Gasteiger partial charge in [-0.1, -0.05) is 13.0 Å².